The number of nitrogens with zero attached hydrogens (tertiary/aromatic N) is 4. The van der Waals surface area contributed by atoms with Gasteiger partial charge in [-0.1, -0.05) is 36.4 Å². The molecule has 4 aliphatic rings. The fourth-order valence-corrected chi connectivity index (χ4v) is 8.17. The van der Waals surface area contributed by atoms with Crippen LogP contribution >= 0.6 is 0 Å². The molecule has 64 heavy (non-hydrogen) atoms. The van der Waals surface area contributed by atoms with Crippen molar-refractivity contribution in [2.24, 2.45) is 15.8 Å². The predicted octanol–water partition coefficient (Wildman–Crippen LogP) is 8.39. The van der Waals surface area contributed by atoms with Crippen molar-refractivity contribution in [3.63, 3.8) is 0 Å². The summed E-state index contributed by atoms with van der Waals surface area (Å²) in [7, 11) is 4.73. The first-order chi connectivity index (χ1) is 30.8. The lowest BCUT2D eigenvalue weighted by Crippen LogP contribution is -2.45. The standard InChI is InChI=1S/C50H56N6O8/c1-49(2,54-51)17-20-64-50(3,4)35-13-9-31(10-14-35)33-21-36-27-52-41-25-45(43(60-6)23-39(41)47(57)55(36)29-33)62-18-8-19-63-46-26-42-40(24-44(46)61-7)48(58)56-30-34(22-37(56)28-53-42)32-11-15-38(59-5)16-12-32/h9-16,23-30,36-37,54H,8,17-22,51H2,1-7H3. The number of aliphatic imine (C=N–C) groups is 2. The van der Waals surface area contributed by atoms with Crippen molar-refractivity contribution in [2.75, 3.05) is 41.2 Å². The summed E-state index contributed by atoms with van der Waals surface area (Å²) in [5.41, 5.74) is 9.23. The van der Waals surface area contributed by atoms with E-state index >= 15 is 0 Å². The van der Waals surface area contributed by atoms with Gasteiger partial charge < -0.3 is 38.2 Å². The molecular weight excluding hydrogens is 813 g/mol. The summed E-state index contributed by atoms with van der Waals surface area (Å²) in [5.74, 6) is 7.91. The van der Waals surface area contributed by atoms with Gasteiger partial charge in [0.15, 0.2) is 23.0 Å². The van der Waals surface area contributed by atoms with Gasteiger partial charge in [0.1, 0.15) is 5.75 Å². The van der Waals surface area contributed by atoms with E-state index in [9.17, 15) is 9.59 Å². The summed E-state index contributed by atoms with van der Waals surface area (Å²) in [6.45, 7) is 9.36. The Hall–Kier alpha value is -6.48. The maximum absolute atomic E-state index is 14.0. The highest BCUT2D eigenvalue weighted by Crippen LogP contribution is 2.42. The lowest BCUT2D eigenvalue weighted by atomic mass is 9.94. The van der Waals surface area contributed by atoms with E-state index in [2.05, 4.69) is 43.5 Å². The minimum atomic E-state index is -0.483. The monoisotopic (exact) mass is 868 g/mol. The molecule has 14 heteroatoms. The van der Waals surface area contributed by atoms with Crippen LogP contribution in [-0.2, 0) is 10.3 Å². The number of methoxy groups -OCH3 is 3. The van der Waals surface area contributed by atoms with Crippen LogP contribution in [0.2, 0.25) is 0 Å². The molecule has 4 aliphatic heterocycles. The van der Waals surface area contributed by atoms with Gasteiger partial charge in [-0.2, -0.15) is 0 Å². The molecule has 0 aliphatic carbocycles. The molecule has 14 nitrogen and oxygen atoms in total. The van der Waals surface area contributed by atoms with Crippen molar-refractivity contribution in [1.29, 1.82) is 0 Å². The highest BCUT2D eigenvalue weighted by atomic mass is 16.5. The SMILES string of the molecule is COc1ccc(C2=CN3C(=O)c4cc(OC)c(OCCCOc5cc6c(cc5OC)C(=O)N5C=C(c7ccc(C(C)(C)OCCC(C)(C)NN)cc7)CC5C=N6)cc4N=CC3C2)cc1. The Labute approximate surface area is 374 Å². The van der Waals surface area contributed by atoms with E-state index in [1.54, 1.807) is 55.4 Å². The van der Waals surface area contributed by atoms with Crippen molar-refractivity contribution in [3.05, 3.63) is 113 Å². The number of amides is 2. The largest absolute Gasteiger partial charge is 0.497 e. The third-order valence-corrected chi connectivity index (χ3v) is 12.2. The molecule has 3 N–H and O–H groups in total. The molecule has 0 radical (unpaired) electrons. The lowest BCUT2D eigenvalue weighted by molar-refractivity contribution is -0.0295. The summed E-state index contributed by atoms with van der Waals surface area (Å²) < 4.78 is 35.3. The highest BCUT2D eigenvalue weighted by molar-refractivity contribution is 6.06. The van der Waals surface area contributed by atoms with E-state index in [1.807, 2.05) is 62.9 Å². The van der Waals surface area contributed by atoms with E-state index in [-0.39, 0.29) is 29.4 Å². The van der Waals surface area contributed by atoms with Gasteiger partial charge in [0.05, 0.1) is 74.7 Å². The fourth-order valence-electron chi connectivity index (χ4n) is 8.17. The average Bonchev–Trinajstić information content (AvgIpc) is 3.88. The lowest BCUT2D eigenvalue weighted by Gasteiger charge is -2.29. The number of hydrazine groups is 1. The number of hydrogen-bond acceptors (Lipinski definition) is 12. The molecule has 8 rings (SSSR count). The van der Waals surface area contributed by atoms with E-state index in [1.165, 1.54) is 0 Å². The Morgan fingerprint density at radius 1 is 0.656 bits per heavy atom. The van der Waals surface area contributed by atoms with Crippen molar-refractivity contribution < 1.29 is 38.0 Å². The van der Waals surface area contributed by atoms with Crippen LogP contribution in [0, 0.1) is 0 Å². The number of fused-ring (bicyclic) bond motifs is 4. The quantitative estimate of drug-likeness (QED) is 0.0600. The number of carbonyl (C=O) groups is 2. The minimum Gasteiger partial charge on any atom is -0.497 e. The molecule has 2 unspecified atom stereocenters. The number of nitrogens with two attached hydrogens (primary N) is 1. The number of nitrogens with one attached hydrogen (secondary N) is 1. The average molecular weight is 869 g/mol. The van der Waals surface area contributed by atoms with Crippen LogP contribution < -0.4 is 35.0 Å². The van der Waals surface area contributed by atoms with Gasteiger partial charge in [0, 0.05) is 68.4 Å². The van der Waals surface area contributed by atoms with Crippen LogP contribution in [0.1, 0.15) is 90.8 Å². The molecule has 2 amide bonds. The number of carbonyl (C=O) groups excluding carboxylic acids is 2. The summed E-state index contributed by atoms with van der Waals surface area (Å²) in [5, 5.41) is 0. The van der Waals surface area contributed by atoms with Gasteiger partial charge in [0.2, 0.25) is 0 Å². The van der Waals surface area contributed by atoms with Gasteiger partial charge in [-0.3, -0.25) is 30.8 Å². The highest BCUT2D eigenvalue weighted by Gasteiger charge is 2.35. The molecule has 0 aromatic heterocycles. The molecule has 4 heterocycles. The van der Waals surface area contributed by atoms with Gasteiger partial charge in [-0.05, 0) is 86.2 Å². The molecule has 0 bridgehead atoms. The van der Waals surface area contributed by atoms with Gasteiger partial charge >= 0.3 is 0 Å². The number of rotatable bonds is 17. The summed E-state index contributed by atoms with van der Waals surface area (Å²) in [4.78, 5) is 40.8. The van der Waals surface area contributed by atoms with Crippen LogP contribution in [0.4, 0.5) is 11.4 Å². The van der Waals surface area contributed by atoms with Crippen LogP contribution in [0.15, 0.2) is 95.2 Å². The molecule has 334 valence electrons. The maximum Gasteiger partial charge on any atom is 0.260 e. The molecular formula is C50H56N6O8. The van der Waals surface area contributed by atoms with Crippen LogP contribution in [0.25, 0.3) is 11.1 Å². The molecule has 0 fully saturated rings. The number of hydrogen-bond donors (Lipinski definition) is 2. The predicted molar refractivity (Wildman–Crippen MR) is 247 cm³/mol. The third-order valence-electron chi connectivity index (χ3n) is 12.2. The summed E-state index contributed by atoms with van der Waals surface area (Å²) >= 11 is 0. The summed E-state index contributed by atoms with van der Waals surface area (Å²) in [6, 6.07) is 22.6. The Kier molecular flexibility index (Phi) is 12.6. The van der Waals surface area contributed by atoms with Gasteiger partial charge in [-0.25, -0.2) is 0 Å². The first kappa shape index (κ1) is 44.1. The Bertz CT molecular complexity index is 2530. The molecule has 2 atom stereocenters. The molecule has 0 spiro atoms. The Balaban J connectivity index is 0.876. The van der Waals surface area contributed by atoms with Crippen molar-refractivity contribution in [1.82, 2.24) is 15.2 Å². The first-order valence-corrected chi connectivity index (χ1v) is 21.5. The first-order valence-electron chi connectivity index (χ1n) is 21.5. The van der Waals surface area contributed by atoms with Crippen molar-refractivity contribution in [2.45, 2.75) is 76.6 Å². The molecule has 0 saturated heterocycles. The molecule has 0 saturated carbocycles. The molecule has 4 aromatic rings. The van der Waals surface area contributed by atoms with E-state index in [4.69, 9.17) is 44.2 Å². The zero-order chi connectivity index (χ0) is 45.2. The summed E-state index contributed by atoms with van der Waals surface area (Å²) in [6.07, 6.45) is 10.0. The fraction of sp³-hybridized carbons (Fsp3) is 0.360. The maximum atomic E-state index is 14.0. The van der Waals surface area contributed by atoms with Crippen LogP contribution in [0.3, 0.4) is 0 Å². The van der Waals surface area contributed by atoms with Crippen LogP contribution in [-0.4, -0.2) is 92.8 Å². The Morgan fingerprint density at radius 2 is 1.14 bits per heavy atom. The van der Waals surface area contributed by atoms with Gasteiger partial charge in [0.25, 0.3) is 11.8 Å². The number of ether oxygens (including phenoxy) is 6. The smallest absolute Gasteiger partial charge is 0.260 e. The second kappa shape index (κ2) is 18.3. The van der Waals surface area contributed by atoms with Crippen molar-refractivity contribution in [3.8, 4) is 28.7 Å². The number of benzene rings is 4. The van der Waals surface area contributed by atoms with Gasteiger partial charge in [-0.15, -0.1) is 0 Å². The van der Waals surface area contributed by atoms with Crippen molar-refractivity contribution >= 4 is 46.8 Å². The normalized spacial score (nSPS) is 17.8. The second-order valence-electron chi connectivity index (χ2n) is 17.4. The minimum absolute atomic E-state index is 0.160. The third kappa shape index (κ3) is 9.12. The topological polar surface area (TPSA) is 159 Å². The van der Waals surface area contributed by atoms with Crippen LogP contribution in [0.5, 0.6) is 28.7 Å². The van der Waals surface area contributed by atoms with E-state index in [0.717, 1.165) is 40.0 Å². The second-order valence-corrected chi connectivity index (χ2v) is 17.4. The molecule has 4 aromatic carbocycles. The zero-order valence-corrected chi connectivity index (χ0v) is 37.5. The Morgan fingerprint density at radius 3 is 1.59 bits per heavy atom. The van der Waals surface area contributed by atoms with E-state index in [0.29, 0.717) is 84.6 Å². The van der Waals surface area contributed by atoms with E-state index < -0.39 is 5.60 Å². The zero-order valence-electron chi connectivity index (χ0n) is 37.5.